The average molecular weight is 272 g/mol. The molecule has 0 spiro atoms. The highest BCUT2D eigenvalue weighted by Crippen LogP contribution is 2.22. The maximum Gasteiger partial charge on any atom is 0.323 e. The first kappa shape index (κ1) is 14.8. The number of ether oxygens (including phenoxy) is 1. The van der Waals surface area contributed by atoms with E-state index in [0.717, 1.165) is 12.1 Å². The summed E-state index contributed by atoms with van der Waals surface area (Å²) < 4.78 is 5.14. The van der Waals surface area contributed by atoms with Gasteiger partial charge in [0.25, 0.3) is 0 Å². The Morgan fingerprint density at radius 2 is 2.28 bits per heavy atom. The molecule has 0 radical (unpaired) electrons. The van der Waals surface area contributed by atoms with Crippen molar-refractivity contribution in [1.29, 1.82) is 0 Å². The number of hydrogen-bond donors (Lipinski definition) is 1. The van der Waals surface area contributed by atoms with Crippen LogP contribution in [0.25, 0.3) is 0 Å². The van der Waals surface area contributed by atoms with Crippen LogP contribution in [0.2, 0.25) is 5.02 Å². The largest absolute Gasteiger partial charge is 0.480 e. The number of aliphatic carboxylic acids is 1. The summed E-state index contributed by atoms with van der Waals surface area (Å²) in [6, 6.07) is 7.22. The number of nitrogens with zero attached hydrogens (tertiary/aromatic N) is 1. The topological polar surface area (TPSA) is 49.8 Å². The Kier molecular flexibility index (Phi) is 5.95. The van der Waals surface area contributed by atoms with Crippen LogP contribution in [0.1, 0.15) is 13.3 Å². The summed E-state index contributed by atoms with van der Waals surface area (Å²) in [5.41, 5.74) is 0.800. The molecule has 0 fully saturated rings. The van der Waals surface area contributed by atoms with Crippen molar-refractivity contribution in [3.8, 4) is 0 Å². The third-order valence-corrected chi connectivity index (χ3v) is 2.95. The molecular formula is C13H18ClNO3. The van der Waals surface area contributed by atoms with Gasteiger partial charge in [-0.25, -0.2) is 0 Å². The Morgan fingerprint density at radius 3 is 2.78 bits per heavy atom. The third-order valence-electron chi connectivity index (χ3n) is 2.72. The number of rotatable bonds is 7. The van der Waals surface area contributed by atoms with Crippen LogP contribution in [-0.2, 0) is 9.53 Å². The van der Waals surface area contributed by atoms with E-state index in [-0.39, 0.29) is 12.6 Å². The van der Waals surface area contributed by atoms with Gasteiger partial charge in [0.15, 0.2) is 0 Å². The number of carboxylic acids is 1. The van der Waals surface area contributed by atoms with E-state index in [4.69, 9.17) is 21.4 Å². The van der Waals surface area contributed by atoms with Gasteiger partial charge in [0.1, 0.15) is 6.54 Å². The standard InChI is InChI=1S/C13H18ClNO3/c1-3-11(9-18-2)15(8-13(16)17)12-6-4-5-10(14)7-12/h4-7,11H,3,8-9H2,1-2H3,(H,16,17). The second-order valence-electron chi connectivity index (χ2n) is 4.02. The number of carboxylic acid groups (broad SMARTS) is 1. The summed E-state index contributed by atoms with van der Waals surface area (Å²) >= 11 is 5.95. The molecule has 1 aromatic rings. The first-order valence-electron chi connectivity index (χ1n) is 5.81. The summed E-state index contributed by atoms with van der Waals surface area (Å²) in [6.45, 7) is 2.42. The highest BCUT2D eigenvalue weighted by Gasteiger charge is 2.20. The van der Waals surface area contributed by atoms with Crippen molar-refractivity contribution in [3.63, 3.8) is 0 Å². The summed E-state index contributed by atoms with van der Waals surface area (Å²) in [4.78, 5) is 12.8. The quantitative estimate of drug-likeness (QED) is 0.828. The van der Waals surface area contributed by atoms with E-state index < -0.39 is 5.97 Å². The van der Waals surface area contributed by atoms with Gasteiger partial charge in [0, 0.05) is 17.8 Å². The molecule has 0 aromatic heterocycles. The summed E-state index contributed by atoms with van der Waals surface area (Å²) in [5, 5.41) is 9.60. The molecule has 4 nitrogen and oxygen atoms in total. The molecule has 1 rings (SSSR count). The van der Waals surface area contributed by atoms with E-state index >= 15 is 0 Å². The van der Waals surface area contributed by atoms with Crippen molar-refractivity contribution < 1.29 is 14.6 Å². The zero-order valence-corrected chi connectivity index (χ0v) is 11.4. The molecule has 1 aromatic carbocycles. The number of halogens is 1. The molecular weight excluding hydrogens is 254 g/mol. The fraction of sp³-hybridized carbons (Fsp3) is 0.462. The fourth-order valence-electron chi connectivity index (χ4n) is 1.85. The number of carbonyl (C=O) groups is 1. The van der Waals surface area contributed by atoms with E-state index in [9.17, 15) is 4.79 Å². The van der Waals surface area contributed by atoms with Gasteiger partial charge in [-0.05, 0) is 24.6 Å². The normalized spacial score (nSPS) is 12.2. The van der Waals surface area contributed by atoms with Crippen molar-refractivity contribution in [2.24, 2.45) is 0 Å². The van der Waals surface area contributed by atoms with Crippen molar-refractivity contribution in [3.05, 3.63) is 29.3 Å². The van der Waals surface area contributed by atoms with Crippen LogP contribution in [0.3, 0.4) is 0 Å². The fourth-order valence-corrected chi connectivity index (χ4v) is 2.04. The molecule has 1 N–H and O–H groups in total. The van der Waals surface area contributed by atoms with Crippen LogP contribution in [-0.4, -0.2) is 37.4 Å². The van der Waals surface area contributed by atoms with Gasteiger partial charge in [-0.3, -0.25) is 4.79 Å². The molecule has 0 amide bonds. The van der Waals surface area contributed by atoms with Gasteiger partial charge >= 0.3 is 5.97 Å². The lowest BCUT2D eigenvalue weighted by Crippen LogP contribution is -2.41. The predicted molar refractivity (Wildman–Crippen MR) is 72.4 cm³/mol. The van der Waals surface area contributed by atoms with Gasteiger partial charge < -0.3 is 14.7 Å². The molecule has 0 bridgehead atoms. The lowest BCUT2D eigenvalue weighted by Gasteiger charge is -2.31. The average Bonchev–Trinajstić information content (AvgIpc) is 2.33. The molecule has 0 heterocycles. The molecule has 1 unspecified atom stereocenters. The minimum absolute atomic E-state index is 0.0181. The summed E-state index contributed by atoms with van der Waals surface area (Å²) in [6.07, 6.45) is 0.799. The number of hydrogen-bond acceptors (Lipinski definition) is 3. The van der Waals surface area contributed by atoms with Crippen molar-refractivity contribution in [2.45, 2.75) is 19.4 Å². The molecule has 1 atom stereocenters. The van der Waals surface area contributed by atoms with E-state index in [2.05, 4.69) is 0 Å². The predicted octanol–water partition coefficient (Wildman–Crippen LogP) is 2.66. The van der Waals surface area contributed by atoms with E-state index in [1.165, 1.54) is 0 Å². The third kappa shape index (κ3) is 4.20. The second kappa shape index (κ2) is 7.24. The molecule has 0 saturated heterocycles. The van der Waals surface area contributed by atoms with Crippen LogP contribution in [0.4, 0.5) is 5.69 Å². The highest BCUT2D eigenvalue weighted by atomic mass is 35.5. The molecule has 0 saturated carbocycles. The lowest BCUT2D eigenvalue weighted by molar-refractivity contribution is -0.135. The zero-order valence-electron chi connectivity index (χ0n) is 10.6. The Morgan fingerprint density at radius 1 is 1.56 bits per heavy atom. The van der Waals surface area contributed by atoms with Gasteiger partial charge in [-0.1, -0.05) is 24.6 Å². The molecule has 0 aliphatic heterocycles. The van der Waals surface area contributed by atoms with Crippen LogP contribution in [0.15, 0.2) is 24.3 Å². The Labute approximate surface area is 112 Å². The second-order valence-corrected chi connectivity index (χ2v) is 4.46. The van der Waals surface area contributed by atoms with Gasteiger partial charge in [0.2, 0.25) is 0 Å². The monoisotopic (exact) mass is 271 g/mol. The summed E-state index contributed by atoms with van der Waals surface area (Å²) in [5.74, 6) is -0.871. The Bertz CT molecular complexity index is 398. The van der Waals surface area contributed by atoms with Crippen molar-refractivity contribution in [2.75, 3.05) is 25.2 Å². The molecule has 0 aliphatic carbocycles. The van der Waals surface area contributed by atoms with Gasteiger partial charge in [0.05, 0.1) is 12.6 Å². The van der Waals surface area contributed by atoms with Gasteiger partial charge in [-0.2, -0.15) is 0 Å². The molecule has 0 aliphatic rings. The van der Waals surface area contributed by atoms with E-state index in [1.807, 2.05) is 19.1 Å². The molecule has 100 valence electrons. The number of benzene rings is 1. The maximum absolute atomic E-state index is 11.0. The minimum Gasteiger partial charge on any atom is -0.480 e. The Balaban J connectivity index is 2.99. The zero-order chi connectivity index (χ0) is 13.5. The summed E-state index contributed by atoms with van der Waals surface area (Å²) in [7, 11) is 1.61. The van der Waals surface area contributed by atoms with Gasteiger partial charge in [-0.15, -0.1) is 0 Å². The highest BCUT2D eigenvalue weighted by molar-refractivity contribution is 6.30. The Hall–Kier alpha value is -1.26. The smallest absolute Gasteiger partial charge is 0.323 e. The van der Waals surface area contributed by atoms with Crippen LogP contribution >= 0.6 is 11.6 Å². The minimum atomic E-state index is -0.871. The van der Waals surface area contributed by atoms with Crippen molar-refractivity contribution in [1.82, 2.24) is 0 Å². The maximum atomic E-state index is 11.0. The van der Waals surface area contributed by atoms with Crippen LogP contribution in [0, 0.1) is 0 Å². The van der Waals surface area contributed by atoms with Crippen LogP contribution in [0.5, 0.6) is 0 Å². The van der Waals surface area contributed by atoms with E-state index in [0.29, 0.717) is 11.6 Å². The molecule has 5 heteroatoms. The van der Waals surface area contributed by atoms with Crippen molar-refractivity contribution >= 4 is 23.3 Å². The number of methoxy groups -OCH3 is 1. The first-order valence-corrected chi connectivity index (χ1v) is 6.19. The van der Waals surface area contributed by atoms with Crippen LogP contribution < -0.4 is 4.90 Å². The van der Waals surface area contributed by atoms with E-state index in [1.54, 1.807) is 24.1 Å². The first-order chi connectivity index (χ1) is 8.58. The number of anilines is 1. The molecule has 18 heavy (non-hydrogen) atoms. The lowest BCUT2D eigenvalue weighted by atomic mass is 10.1. The SMILES string of the molecule is CCC(COC)N(CC(=O)O)c1cccc(Cl)c1.